The molecule has 3 rings (SSSR count). The second-order valence-corrected chi connectivity index (χ2v) is 6.55. The van der Waals surface area contributed by atoms with Crippen molar-refractivity contribution in [3.8, 4) is 16.3 Å². The van der Waals surface area contributed by atoms with Crippen molar-refractivity contribution < 1.29 is 18.7 Å². The Labute approximate surface area is 159 Å². The van der Waals surface area contributed by atoms with Gasteiger partial charge >= 0.3 is 0 Å². The van der Waals surface area contributed by atoms with Gasteiger partial charge in [0.1, 0.15) is 21.5 Å². The summed E-state index contributed by atoms with van der Waals surface area (Å²) in [6, 6.07) is 13.3. The van der Waals surface area contributed by atoms with Crippen LogP contribution in [-0.2, 0) is 0 Å². The van der Waals surface area contributed by atoms with E-state index in [2.05, 4.69) is 15.8 Å². The molecule has 6 nitrogen and oxygen atoms in total. The molecular weight excluding hydrogens is 369 g/mol. The second kappa shape index (κ2) is 7.96. The summed E-state index contributed by atoms with van der Waals surface area (Å²) in [6.07, 6.45) is 0. The fourth-order valence-corrected chi connectivity index (χ4v) is 3.32. The number of thiazole rings is 1. The molecule has 3 aromatic rings. The highest BCUT2D eigenvalue weighted by atomic mass is 32.1. The van der Waals surface area contributed by atoms with Crippen molar-refractivity contribution in [1.29, 1.82) is 0 Å². The molecule has 138 valence electrons. The van der Waals surface area contributed by atoms with Gasteiger partial charge in [-0.15, -0.1) is 11.3 Å². The first-order chi connectivity index (χ1) is 13.0. The number of hydrazine groups is 1. The number of hydrogen-bond acceptors (Lipinski definition) is 5. The van der Waals surface area contributed by atoms with E-state index in [0.717, 1.165) is 11.6 Å². The van der Waals surface area contributed by atoms with E-state index in [-0.39, 0.29) is 5.56 Å². The smallest absolute Gasteiger partial charge is 0.281 e. The molecule has 0 atom stereocenters. The van der Waals surface area contributed by atoms with Gasteiger partial charge in [-0.25, -0.2) is 9.37 Å². The summed E-state index contributed by atoms with van der Waals surface area (Å²) < 4.78 is 18.8. The number of nitrogens with zero attached hydrogens (tertiary/aromatic N) is 1. The predicted octanol–water partition coefficient (Wildman–Crippen LogP) is 3.34. The molecule has 0 saturated carbocycles. The zero-order valence-corrected chi connectivity index (χ0v) is 15.4. The van der Waals surface area contributed by atoms with Crippen molar-refractivity contribution in [2.75, 3.05) is 7.11 Å². The molecule has 2 N–H and O–H groups in total. The molecule has 0 unspecified atom stereocenters. The molecule has 1 heterocycles. The van der Waals surface area contributed by atoms with Crippen LogP contribution in [0.2, 0.25) is 0 Å². The third-order valence-corrected chi connectivity index (χ3v) is 4.94. The molecule has 0 bridgehead atoms. The SMILES string of the molecule is COc1ccc(C(=O)NNC(=O)c2sc(-c3ccccc3)nc2C)c(F)c1. The summed E-state index contributed by atoms with van der Waals surface area (Å²) in [5, 5.41) is 0.700. The van der Waals surface area contributed by atoms with Crippen LogP contribution in [-0.4, -0.2) is 23.9 Å². The van der Waals surface area contributed by atoms with Crippen molar-refractivity contribution in [1.82, 2.24) is 15.8 Å². The molecule has 2 amide bonds. The van der Waals surface area contributed by atoms with Gasteiger partial charge in [0.2, 0.25) is 0 Å². The third-order valence-electron chi connectivity index (χ3n) is 3.73. The van der Waals surface area contributed by atoms with Crippen molar-refractivity contribution in [2.24, 2.45) is 0 Å². The number of benzene rings is 2. The quantitative estimate of drug-likeness (QED) is 0.675. The van der Waals surface area contributed by atoms with Gasteiger partial charge in [-0.2, -0.15) is 0 Å². The molecule has 8 heteroatoms. The summed E-state index contributed by atoms with van der Waals surface area (Å²) in [5.74, 6) is -1.74. The van der Waals surface area contributed by atoms with Crippen molar-refractivity contribution >= 4 is 23.2 Å². The lowest BCUT2D eigenvalue weighted by Crippen LogP contribution is -2.41. The Kier molecular flexibility index (Phi) is 5.46. The van der Waals surface area contributed by atoms with Crippen LogP contribution in [0.4, 0.5) is 4.39 Å². The van der Waals surface area contributed by atoms with Gasteiger partial charge in [0.05, 0.1) is 18.4 Å². The van der Waals surface area contributed by atoms with Crippen molar-refractivity contribution in [2.45, 2.75) is 6.92 Å². The molecule has 0 fully saturated rings. The van der Waals surface area contributed by atoms with E-state index in [4.69, 9.17) is 4.74 Å². The number of methoxy groups -OCH3 is 1. The van der Waals surface area contributed by atoms with E-state index in [1.165, 1.54) is 30.6 Å². The molecule has 0 saturated heterocycles. The summed E-state index contributed by atoms with van der Waals surface area (Å²) in [6.45, 7) is 1.71. The number of carbonyl (C=O) groups excluding carboxylic acids is 2. The monoisotopic (exact) mass is 385 g/mol. The third kappa shape index (κ3) is 4.12. The van der Waals surface area contributed by atoms with Crippen LogP contribution in [0.25, 0.3) is 10.6 Å². The maximum atomic E-state index is 13.9. The molecule has 2 aromatic carbocycles. The number of hydrogen-bond donors (Lipinski definition) is 2. The summed E-state index contributed by atoms with van der Waals surface area (Å²) in [4.78, 5) is 29.2. The predicted molar refractivity (Wildman–Crippen MR) is 100 cm³/mol. The normalized spacial score (nSPS) is 10.3. The Bertz CT molecular complexity index is 989. The molecule has 0 aliphatic rings. The Hall–Kier alpha value is -3.26. The van der Waals surface area contributed by atoms with Gasteiger partial charge in [0, 0.05) is 11.6 Å². The molecule has 27 heavy (non-hydrogen) atoms. The average Bonchev–Trinajstić information content (AvgIpc) is 3.08. The van der Waals surface area contributed by atoms with Crippen LogP contribution in [0.15, 0.2) is 48.5 Å². The maximum Gasteiger partial charge on any atom is 0.281 e. The summed E-state index contributed by atoms with van der Waals surface area (Å²) in [7, 11) is 1.40. The van der Waals surface area contributed by atoms with E-state index in [1.807, 2.05) is 30.3 Å². The average molecular weight is 385 g/mol. The highest BCUT2D eigenvalue weighted by molar-refractivity contribution is 7.17. The summed E-state index contributed by atoms with van der Waals surface area (Å²) in [5.41, 5.74) is 5.74. The lowest BCUT2D eigenvalue weighted by Gasteiger charge is -2.08. The second-order valence-electron chi connectivity index (χ2n) is 5.55. The van der Waals surface area contributed by atoms with E-state index in [9.17, 15) is 14.0 Å². The Morgan fingerprint density at radius 1 is 1.07 bits per heavy atom. The molecule has 0 aliphatic carbocycles. The van der Waals surface area contributed by atoms with Crippen LogP contribution in [0.5, 0.6) is 5.75 Å². The molecule has 0 radical (unpaired) electrons. The lowest BCUT2D eigenvalue weighted by atomic mass is 10.2. The number of amides is 2. The van der Waals surface area contributed by atoms with Crippen molar-refractivity contribution in [3.63, 3.8) is 0 Å². The number of ether oxygens (including phenoxy) is 1. The van der Waals surface area contributed by atoms with E-state index >= 15 is 0 Å². The first kappa shape index (κ1) is 18.5. The molecular formula is C19H16FN3O3S. The minimum atomic E-state index is -0.769. The maximum absolute atomic E-state index is 13.9. The number of carbonyl (C=O) groups is 2. The highest BCUT2D eigenvalue weighted by Crippen LogP contribution is 2.27. The number of aromatic nitrogens is 1. The van der Waals surface area contributed by atoms with Crippen molar-refractivity contribution in [3.05, 3.63) is 70.5 Å². The van der Waals surface area contributed by atoms with Gasteiger partial charge in [-0.1, -0.05) is 30.3 Å². The van der Waals surface area contributed by atoms with Crippen LogP contribution in [0, 0.1) is 12.7 Å². The number of aryl methyl sites for hydroxylation is 1. The zero-order valence-electron chi connectivity index (χ0n) is 14.6. The van der Waals surface area contributed by atoms with Crippen LogP contribution >= 0.6 is 11.3 Å². The van der Waals surface area contributed by atoms with Gasteiger partial charge in [-0.05, 0) is 19.1 Å². The van der Waals surface area contributed by atoms with Gasteiger partial charge in [-0.3, -0.25) is 20.4 Å². The number of nitrogens with one attached hydrogen (secondary N) is 2. The molecule has 0 spiro atoms. The fourth-order valence-electron chi connectivity index (χ4n) is 2.36. The minimum Gasteiger partial charge on any atom is -0.497 e. The molecule has 0 aliphatic heterocycles. The Balaban J connectivity index is 1.69. The zero-order chi connectivity index (χ0) is 19.4. The Morgan fingerprint density at radius 2 is 1.78 bits per heavy atom. The summed E-state index contributed by atoms with van der Waals surface area (Å²) >= 11 is 1.21. The topological polar surface area (TPSA) is 80.3 Å². The van der Waals surface area contributed by atoms with Gasteiger partial charge in [0.25, 0.3) is 11.8 Å². The van der Waals surface area contributed by atoms with Crippen LogP contribution in [0.3, 0.4) is 0 Å². The van der Waals surface area contributed by atoms with Crippen LogP contribution < -0.4 is 15.6 Å². The largest absolute Gasteiger partial charge is 0.497 e. The first-order valence-electron chi connectivity index (χ1n) is 7.96. The standard InChI is InChI=1S/C19H16FN3O3S/c1-11-16(27-19(21-11)12-6-4-3-5-7-12)18(25)23-22-17(24)14-9-8-13(26-2)10-15(14)20/h3-10H,1-2H3,(H,22,24)(H,23,25). The number of halogens is 1. The number of rotatable bonds is 4. The molecule has 1 aromatic heterocycles. The van der Waals surface area contributed by atoms with Crippen LogP contribution in [0.1, 0.15) is 25.7 Å². The Morgan fingerprint density at radius 3 is 2.44 bits per heavy atom. The first-order valence-corrected chi connectivity index (χ1v) is 8.78. The van der Waals surface area contributed by atoms with E-state index in [1.54, 1.807) is 6.92 Å². The fraction of sp³-hybridized carbons (Fsp3) is 0.105. The van der Waals surface area contributed by atoms with Gasteiger partial charge in [0.15, 0.2) is 0 Å². The van der Waals surface area contributed by atoms with Gasteiger partial charge < -0.3 is 4.74 Å². The highest BCUT2D eigenvalue weighted by Gasteiger charge is 2.18. The lowest BCUT2D eigenvalue weighted by molar-refractivity contribution is 0.0846. The van der Waals surface area contributed by atoms with E-state index in [0.29, 0.717) is 21.3 Å². The minimum absolute atomic E-state index is 0.206. The van der Waals surface area contributed by atoms with E-state index < -0.39 is 17.6 Å².